The van der Waals surface area contributed by atoms with Gasteiger partial charge >= 0.3 is 13.2 Å². The standard InChI is InChI=1S/C15H22BFN2O5/c1-15(2,3)24-14(21)19-12(8-13(20)18-9-16(22)23)10-5-4-6-11(17)7-10/h4-7,12,22-23H,8-9H2,1-3H3,(H,18,20)(H,19,21). The van der Waals surface area contributed by atoms with Gasteiger partial charge in [-0.05, 0) is 38.5 Å². The predicted octanol–water partition coefficient (Wildman–Crippen LogP) is 0.910. The molecule has 7 nitrogen and oxygen atoms in total. The van der Waals surface area contributed by atoms with E-state index in [1.165, 1.54) is 18.2 Å². The van der Waals surface area contributed by atoms with Crippen LogP contribution in [0.15, 0.2) is 24.3 Å². The summed E-state index contributed by atoms with van der Waals surface area (Å²) in [6.07, 6.45) is -1.30. The molecule has 24 heavy (non-hydrogen) atoms. The fraction of sp³-hybridized carbons (Fsp3) is 0.467. The summed E-state index contributed by atoms with van der Waals surface area (Å²) in [4.78, 5) is 23.8. The number of hydrogen-bond acceptors (Lipinski definition) is 5. The van der Waals surface area contributed by atoms with E-state index in [1.54, 1.807) is 26.8 Å². The second-order valence-electron chi connectivity index (χ2n) is 6.24. The van der Waals surface area contributed by atoms with Gasteiger partial charge in [0, 0.05) is 0 Å². The van der Waals surface area contributed by atoms with Crippen molar-refractivity contribution in [2.24, 2.45) is 0 Å². The molecule has 0 bridgehead atoms. The zero-order valence-corrected chi connectivity index (χ0v) is 13.9. The number of amides is 2. The lowest BCUT2D eigenvalue weighted by Gasteiger charge is -2.24. The van der Waals surface area contributed by atoms with Crippen LogP contribution < -0.4 is 10.6 Å². The van der Waals surface area contributed by atoms with Gasteiger partial charge in [-0.1, -0.05) is 12.1 Å². The molecule has 9 heteroatoms. The summed E-state index contributed by atoms with van der Waals surface area (Å²) in [6.45, 7) is 5.08. The van der Waals surface area contributed by atoms with Gasteiger partial charge in [-0.2, -0.15) is 0 Å². The highest BCUT2D eigenvalue weighted by atomic mass is 19.1. The normalized spacial score (nSPS) is 12.2. The number of benzene rings is 1. The van der Waals surface area contributed by atoms with Gasteiger partial charge in [0.05, 0.1) is 18.9 Å². The number of hydrogen-bond donors (Lipinski definition) is 4. The van der Waals surface area contributed by atoms with Gasteiger partial charge in [-0.3, -0.25) is 4.79 Å². The van der Waals surface area contributed by atoms with Crippen molar-refractivity contribution in [2.75, 3.05) is 6.44 Å². The van der Waals surface area contributed by atoms with Crippen LogP contribution in [0.4, 0.5) is 9.18 Å². The molecule has 0 aromatic heterocycles. The van der Waals surface area contributed by atoms with Gasteiger partial charge in [0.1, 0.15) is 11.4 Å². The van der Waals surface area contributed by atoms with E-state index in [4.69, 9.17) is 14.8 Å². The molecular formula is C15H22BFN2O5. The number of carbonyl (C=O) groups is 2. The molecule has 1 rings (SSSR count). The summed E-state index contributed by atoms with van der Waals surface area (Å²) in [5.41, 5.74) is -0.333. The molecule has 0 heterocycles. The lowest BCUT2D eigenvalue weighted by atomic mass is 9.92. The van der Waals surface area contributed by atoms with Crippen molar-refractivity contribution in [1.82, 2.24) is 10.6 Å². The highest BCUT2D eigenvalue weighted by molar-refractivity contribution is 6.41. The van der Waals surface area contributed by atoms with E-state index >= 15 is 0 Å². The summed E-state index contributed by atoms with van der Waals surface area (Å²) in [7, 11) is -1.68. The molecule has 1 aromatic rings. The van der Waals surface area contributed by atoms with Crippen molar-refractivity contribution in [3.8, 4) is 0 Å². The third-order valence-corrected chi connectivity index (χ3v) is 2.81. The lowest BCUT2D eigenvalue weighted by molar-refractivity contribution is -0.121. The maximum Gasteiger partial charge on any atom is 0.472 e. The Bertz CT molecular complexity index is 577. The van der Waals surface area contributed by atoms with E-state index in [-0.39, 0.29) is 12.9 Å². The fourth-order valence-corrected chi connectivity index (χ4v) is 1.89. The van der Waals surface area contributed by atoms with E-state index in [2.05, 4.69) is 10.6 Å². The molecule has 0 saturated heterocycles. The molecule has 1 aromatic carbocycles. The van der Waals surface area contributed by atoms with Crippen LogP contribution in [0, 0.1) is 5.82 Å². The molecule has 1 unspecified atom stereocenters. The quantitative estimate of drug-likeness (QED) is 0.576. The minimum atomic E-state index is -1.68. The van der Waals surface area contributed by atoms with Crippen LogP contribution in [0.25, 0.3) is 0 Å². The Balaban J connectivity index is 2.83. The summed E-state index contributed by atoms with van der Waals surface area (Å²) >= 11 is 0. The Morgan fingerprint density at radius 1 is 1.33 bits per heavy atom. The van der Waals surface area contributed by atoms with Crippen LogP contribution >= 0.6 is 0 Å². The van der Waals surface area contributed by atoms with Crippen LogP contribution in [0.2, 0.25) is 0 Å². The molecule has 0 fully saturated rings. The van der Waals surface area contributed by atoms with Gasteiger partial charge in [0.2, 0.25) is 5.91 Å². The van der Waals surface area contributed by atoms with Crippen LogP contribution in [0.1, 0.15) is 38.8 Å². The molecular weight excluding hydrogens is 318 g/mol. The third-order valence-electron chi connectivity index (χ3n) is 2.81. The molecule has 0 spiro atoms. The van der Waals surface area contributed by atoms with Crippen LogP contribution in [-0.4, -0.2) is 41.2 Å². The predicted molar refractivity (Wildman–Crippen MR) is 86.3 cm³/mol. The fourth-order valence-electron chi connectivity index (χ4n) is 1.89. The Morgan fingerprint density at radius 2 is 2.00 bits per heavy atom. The minimum absolute atomic E-state index is 0.213. The van der Waals surface area contributed by atoms with Gasteiger partial charge in [-0.15, -0.1) is 0 Å². The summed E-state index contributed by atoms with van der Waals surface area (Å²) in [6, 6.07) is 4.65. The number of halogens is 1. The molecule has 0 aliphatic heterocycles. The van der Waals surface area contributed by atoms with E-state index in [1.807, 2.05) is 0 Å². The van der Waals surface area contributed by atoms with E-state index in [0.29, 0.717) is 5.56 Å². The summed E-state index contributed by atoms with van der Waals surface area (Å²) in [5.74, 6) is -1.04. The smallest absolute Gasteiger partial charge is 0.444 e. The largest absolute Gasteiger partial charge is 0.472 e. The molecule has 0 aliphatic rings. The maximum absolute atomic E-state index is 13.4. The first-order chi connectivity index (χ1) is 11.1. The number of alkyl carbamates (subject to hydrolysis) is 1. The molecule has 4 N–H and O–H groups in total. The van der Waals surface area contributed by atoms with Gasteiger partial charge < -0.3 is 25.4 Å². The monoisotopic (exact) mass is 340 g/mol. The Hall–Kier alpha value is -2.13. The third kappa shape index (κ3) is 7.93. The van der Waals surface area contributed by atoms with Crippen molar-refractivity contribution in [3.05, 3.63) is 35.6 Å². The van der Waals surface area contributed by atoms with Crippen LogP contribution in [-0.2, 0) is 9.53 Å². The topological polar surface area (TPSA) is 108 Å². The first kappa shape index (κ1) is 19.9. The number of rotatable bonds is 6. The van der Waals surface area contributed by atoms with Gasteiger partial charge in [-0.25, -0.2) is 9.18 Å². The highest BCUT2D eigenvalue weighted by Crippen LogP contribution is 2.19. The molecule has 0 aliphatic carbocycles. The van der Waals surface area contributed by atoms with Crippen molar-refractivity contribution in [1.29, 1.82) is 0 Å². The maximum atomic E-state index is 13.4. The van der Waals surface area contributed by atoms with Crippen molar-refractivity contribution in [2.45, 2.75) is 38.8 Å². The van der Waals surface area contributed by atoms with E-state index < -0.39 is 36.6 Å². The zero-order valence-electron chi connectivity index (χ0n) is 13.9. The molecule has 0 saturated carbocycles. The number of carbonyl (C=O) groups excluding carboxylic acids is 2. The highest BCUT2D eigenvalue weighted by Gasteiger charge is 2.23. The second-order valence-corrected chi connectivity index (χ2v) is 6.24. The average Bonchev–Trinajstić information content (AvgIpc) is 2.42. The van der Waals surface area contributed by atoms with Crippen molar-refractivity contribution < 1.29 is 28.8 Å². The molecule has 2 amide bonds. The summed E-state index contributed by atoms with van der Waals surface area (Å²) < 4.78 is 18.6. The van der Waals surface area contributed by atoms with E-state index in [9.17, 15) is 14.0 Å². The Labute approximate surface area is 140 Å². The van der Waals surface area contributed by atoms with Crippen LogP contribution in [0.5, 0.6) is 0 Å². The number of nitrogens with one attached hydrogen (secondary N) is 2. The average molecular weight is 340 g/mol. The lowest BCUT2D eigenvalue weighted by Crippen LogP contribution is -2.39. The first-order valence-electron chi connectivity index (χ1n) is 7.44. The van der Waals surface area contributed by atoms with E-state index in [0.717, 1.165) is 0 Å². The Kier molecular flexibility index (Phi) is 7.18. The molecule has 1 atom stereocenters. The SMILES string of the molecule is CC(C)(C)OC(=O)NC(CC(=O)NCB(O)O)c1cccc(F)c1. The Morgan fingerprint density at radius 3 is 2.54 bits per heavy atom. The minimum Gasteiger partial charge on any atom is -0.444 e. The van der Waals surface area contributed by atoms with Crippen molar-refractivity contribution >= 4 is 19.1 Å². The second kappa shape index (κ2) is 8.65. The molecule has 0 radical (unpaired) electrons. The zero-order chi connectivity index (χ0) is 18.3. The summed E-state index contributed by atoms with van der Waals surface area (Å²) in [5, 5.41) is 22.3. The number of ether oxygens (including phenoxy) is 1. The van der Waals surface area contributed by atoms with Gasteiger partial charge in [0.15, 0.2) is 0 Å². The molecule has 132 valence electrons. The first-order valence-corrected chi connectivity index (χ1v) is 7.44. The van der Waals surface area contributed by atoms with Crippen LogP contribution in [0.3, 0.4) is 0 Å². The van der Waals surface area contributed by atoms with Gasteiger partial charge in [0.25, 0.3) is 0 Å². The van der Waals surface area contributed by atoms with Crippen molar-refractivity contribution in [3.63, 3.8) is 0 Å².